The average Bonchev–Trinajstić information content (AvgIpc) is 3.07. The minimum absolute atomic E-state index is 0.413. The van der Waals surface area contributed by atoms with Crippen molar-refractivity contribution in [2.24, 2.45) is 0 Å². The molecule has 0 amide bonds. The van der Waals surface area contributed by atoms with Gasteiger partial charge < -0.3 is 4.74 Å². The van der Waals surface area contributed by atoms with E-state index in [1.807, 2.05) is 12.4 Å². The summed E-state index contributed by atoms with van der Waals surface area (Å²) in [5, 5.41) is 2.51. The minimum atomic E-state index is 0.413. The molecule has 0 radical (unpaired) electrons. The highest BCUT2D eigenvalue weighted by atomic mass is 16.5. The second-order valence-corrected chi connectivity index (χ2v) is 6.62. The monoisotopic (exact) mass is 309 g/mol. The summed E-state index contributed by atoms with van der Waals surface area (Å²) in [6.07, 6.45) is 12.4. The third kappa shape index (κ3) is 4.00. The van der Waals surface area contributed by atoms with Gasteiger partial charge in [0.2, 0.25) is 0 Å². The maximum atomic E-state index is 6.17. The molecule has 1 aliphatic rings. The molecule has 23 heavy (non-hydrogen) atoms. The zero-order valence-corrected chi connectivity index (χ0v) is 14.3. The van der Waals surface area contributed by atoms with Crippen molar-refractivity contribution in [2.75, 3.05) is 6.61 Å². The van der Waals surface area contributed by atoms with Gasteiger partial charge in [-0.25, -0.2) is 0 Å². The number of aromatic nitrogens is 1. The van der Waals surface area contributed by atoms with Crippen LogP contribution in [0.15, 0.2) is 48.3 Å². The molecule has 0 saturated heterocycles. The number of ether oxygens (including phenoxy) is 1. The molecule has 2 unspecified atom stereocenters. The second kappa shape index (κ2) is 7.74. The van der Waals surface area contributed by atoms with Crippen molar-refractivity contribution in [1.82, 2.24) is 4.98 Å². The normalized spacial score (nSPS) is 21.9. The Labute approximate surface area is 139 Å². The molecular formula is C21H27NO. The molecule has 2 nitrogen and oxygen atoms in total. The molecule has 1 heterocycles. The Bertz CT molecular complexity index is 676. The zero-order valence-electron chi connectivity index (χ0n) is 14.3. The molecule has 1 aromatic carbocycles. The first-order chi connectivity index (χ1) is 11.3. The number of nitrogens with zero attached hydrogens (tertiary/aromatic N) is 1. The number of pyridine rings is 1. The van der Waals surface area contributed by atoms with Crippen LogP contribution in [-0.2, 0) is 4.74 Å². The SMILES string of the molecule is C/C=C(/CCC)COC1CCC(c2ccc3ccncc3c2)C1. The van der Waals surface area contributed by atoms with Crippen LogP contribution in [0.5, 0.6) is 0 Å². The summed E-state index contributed by atoms with van der Waals surface area (Å²) < 4.78 is 6.17. The van der Waals surface area contributed by atoms with E-state index >= 15 is 0 Å². The summed E-state index contributed by atoms with van der Waals surface area (Å²) >= 11 is 0. The van der Waals surface area contributed by atoms with Crippen LogP contribution in [0.2, 0.25) is 0 Å². The lowest BCUT2D eigenvalue weighted by molar-refractivity contribution is 0.0727. The van der Waals surface area contributed by atoms with Gasteiger partial charge in [0.05, 0.1) is 12.7 Å². The van der Waals surface area contributed by atoms with Crippen LogP contribution in [0.25, 0.3) is 10.8 Å². The minimum Gasteiger partial charge on any atom is -0.374 e. The molecular weight excluding hydrogens is 282 g/mol. The van der Waals surface area contributed by atoms with E-state index in [-0.39, 0.29) is 0 Å². The highest BCUT2D eigenvalue weighted by molar-refractivity contribution is 5.82. The van der Waals surface area contributed by atoms with Crippen molar-refractivity contribution < 1.29 is 4.74 Å². The first-order valence-corrected chi connectivity index (χ1v) is 8.89. The van der Waals surface area contributed by atoms with E-state index in [1.165, 1.54) is 41.2 Å². The van der Waals surface area contributed by atoms with Gasteiger partial charge in [0.25, 0.3) is 0 Å². The molecule has 2 aromatic rings. The van der Waals surface area contributed by atoms with Crippen LogP contribution in [0.3, 0.4) is 0 Å². The summed E-state index contributed by atoms with van der Waals surface area (Å²) in [5.74, 6) is 0.629. The van der Waals surface area contributed by atoms with E-state index in [0.29, 0.717) is 12.0 Å². The molecule has 1 saturated carbocycles. The number of rotatable bonds is 6. The van der Waals surface area contributed by atoms with Crippen LogP contribution in [0.1, 0.15) is 57.4 Å². The third-order valence-corrected chi connectivity index (χ3v) is 5.00. The van der Waals surface area contributed by atoms with Gasteiger partial charge in [-0.05, 0) is 67.2 Å². The smallest absolute Gasteiger partial charge is 0.0680 e. The van der Waals surface area contributed by atoms with Crippen molar-refractivity contribution in [2.45, 2.75) is 58.0 Å². The Morgan fingerprint density at radius 2 is 2.17 bits per heavy atom. The molecule has 0 N–H and O–H groups in total. The number of hydrogen-bond acceptors (Lipinski definition) is 2. The molecule has 0 bridgehead atoms. The Hall–Kier alpha value is -1.67. The van der Waals surface area contributed by atoms with E-state index in [4.69, 9.17) is 4.74 Å². The van der Waals surface area contributed by atoms with Gasteiger partial charge in [-0.2, -0.15) is 0 Å². The third-order valence-electron chi connectivity index (χ3n) is 5.00. The van der Waals surface area contributed by atoms with E-state index in [1.54, 1.807) is 0 Å². The first-order valence-electron chi connectivity index (χ1n) is 8.89. The van der Waals surface area contributed by atoms with Gasteiger partial charge in [0.15, 0.2) is 0 Å². The zero-order chi connectivity index (χ0) is 16.1. The van der Waals surface area contributed by atoms with Gasteiger partial charge >= 0.3 is 0 Å². The average molecular weight is 309 g/mol. The Morgan fingerprint density at radius 3 is 3.00 bits per heavy atom. The largest absolute Gasteiger partial charge is 0.374 e. The van der Waals surface area contributed by atoms with E-state index < -0.39 is 0 Å². The van der Waals surface area contributed by atoms with Crippen molar-refractivity contribution in [3.63, 3.8) is 0 Å². The van der Waals surface area contributed by atoms with Crippen LogP contribution < -0.4 is 0 Å². The lowest BCUT2D eigenvalue weighted by Crippen LogP contribution is -2.11. The van der Waals surface area contributed by atoms with E-state index in [0.717, 1.165) is 19.4 Å². The molecule has 1 fully saturated rings. The number of allylic oxidation sites excluding steroid dienone is 1. The predicted molar refractivity (Wildman–Crippen MR) is 96.7 cm³/mol. The molecule has 1 aliphatic carbocycles. The summed E-state index contributed by atoms with van der Waals surface area (Å²) in [6.45, 7) is 5.15. The lowest BCUT2D eigenvalue weighted by atomic mass is 9.95. The van der Waals surface area contributed by atoms with Crippen LogP contribution in [0, 0.1) is 0 Å². The highest BCUT2D eigenvalue weighted by Crippen LogP contribution is 2.37. The van der Waals surface area contributed by atoms with E-state index in [2.05, 4.69) is 49.2 Å². The first kappa shape index (κ1) is 16.2. The van der Waals surface area contributed by atoms with Crippen molar-refractivity contribution in [3.05, 3.63) is 53.9 Å². The van der Waals surface area contributed by atoms with Crippen LogP contribution >= 0.6 is 0 Å². The molecule has 2 atom stereocenters. The summed E-state index contributed by atoms with van der Waals surface area (Å²) in [5.41, 5.74) is 2.88. The quantitative estimate of drug-likeness (QED) is 0.645. The Morgan fingerprint density at radius 1 is 1.26 bits per heavy atom. The molecule has 0 aliphatic heterocycles. The highest BCUT2D eigenvalue weighted by Gasteiger charge is 2.26. The maximum Gasteiger partial charge on any atom is 0.0680 e. The Balaban J connectivity index is 1.60. The fourth-order valence-electron chi connectivity index (χ4n) is 3.60. The lowest BCUT2D eigenvalue weighted by Gasteiger charge is -2.15. The fourth-order valence-corrected chi connectivity index (χ4v) is 3.60. The van der Waals surface area contributed by atoms with Crippen molar-refractivity contribution in [1.29, 1.82) is 0 Å². The number of fused-ring (bicyclic) bond motifs is 1. The summed E-state index contributed by atoms with van der Waals surface area (Å²) in [4.78, 5) is 4.24. The topological polar surface area (TPSA) is 22.1 Å². The Kier molecular flexibility index (Phi) is 5.45. The van der Waals surface area contributed by atoms with Gasteiger partial charge in [0.1, 0.15) is 0 Å². The number of benzene rings is 1. The van der Waals surface area contributed by atoms with Crippen LogP contribution in [0.4, 0.5) is 0 Å². The standard InChI is InChI=1S/C21H27NO/c1-3-5-16(4-2)15-23-21-9-8-19(13-21)18-7-6-17-10-11-22-14-20(17)12-18/h4,6-7,10-12,14,19,21H,3,5,8-9,13,15H2,1-2H3/b16-4-. The molecule has 1 aromatic heterocycles. The summed E-state index contributed by atoms with van der Waals surface area (Å²) in [6, 6.07) is 8.89. The van der Waals surface area contributed by atoms with Gasteiger partial charge in [-0.15, -0.1) is 0 Å². The molecule has 122 valence electrons. The molecule has 3 rings (SSSR count). The van der Waals surface area contributed by atoms with Crippen molar-refractivity contribution in [3.8, 4) is 0 Å². The molecule has 0 spiro atoms. The van der Waals surface area contributed by atoms with Gasteiger partial charge in [0, 0.05) is 17.8 Å². The maximum absolute atomic E-state index is 6.17. The van der Waals surface area contributed by atoms with Crippen LogP contribution in [-0.4, -0.2) is 17.7 Å². The van der Waals surface area contributed by atoms with Crippen molar-refractivity contribution >= 4 is 10.8 Å². The van der Waals surface area contributed by atoms with Gasteiger partial charge in [-0.3, -0.25) is 4.98 Å². The predicted octanol–water partition coefficient (Wildman–Crippen LogP) is 5.63. The summed E-state index contributed by atoms with van der Waals surface area (Å²) in [7, 11) is 0. The van der Waals surface area contributed by atoms with Gasteiger partial charge in [-0.1, -0.05) is 31.6 Å². The number of hydrogen-bond donors (Lipinski definition) is 0. The fraction of sp³-hybridized carbons (Fsp3) is 0.476. The second-order valence-electron chi connectivity index (χ2n) is 6.62. The van der Waals surface area contributed by atoms with E-state index in [9.17, 15) is 0 Å². The molecule has 2 heteroatoms.